The number of methoxy groups -OCH3 is 1. The van der Waals surface area contributed by atoms with Crippen LogP contribution in [0.3, 0.4) is 0 Å². The fraction of sp³-hybridized carbons (Fsp3) is 0.0690. The quantitative estimate of drug-likeness (QED) is 0.120. The van der Waals surface area contributed by atoms with Gasteiger partial charge in [0.05, 0.1) is 18.9 Å². The Morgan fingerprint density at radius 1 is 0.865 bits per heavy atom. The molecule has 8 heteroatoms. The molecule has 0 aliphatic carbocycles. The summed E-state index contributed by atoms with van der Waals surface area (Å²) in [4.78, 5) is 24.8. The van der Waals surface area contributed by atoms with E-state index in [0.717, 1.165) is 15.6 Å². The lowest BCUT2D eigenvalue weighted by atomic mass is 10.1. The van der Waals surface area contributed by atoms with Crippen molar-refractivity contribution in [2.75, 3.05) is 13.7 Å². The third-order valence-corrected chi connectivity index (χ3v) is 5.72. The Balaban J connectivity index is 1.32. The first-order valence-corrected chi connectivity index (χ1v) is 12.1. The van der Waals surface area contributed by atoms with Gasteiger partial charge in [0.25, 0.3) is 5.91 Å². The Labute approximate surface area is 222 Å². The van der Waals surface area contributed by atoms with Gasteiger partial charge >= 0.3 is 5.97 Å². The van der Waals surface area contributed by atoms with Crippen molar-refractivity contribution in [1.29, 1.82) is 0 Å². The van der Waals surface area contributed by atoms with E-state index in [0.29, 0.717) is 22.6 Å². The van der Waals surface area contributed by atoms with Crippen LogP contribution in [0.25, 0.3) is 11.1 Å². The van der Waals surface area contributed by atoms with Crippen molar-refractivity contribution in [1.82, 2.24) is 5.43 Å². The maximum Gasteiger partial charge on any atom is 0.343 e. The van der Waals surface area contributed by atoms with Crippen LogP contribution in [0.1, 0.15) is 15.9 Å². The molecule has 0 saturated carbocycles. The molecule has 186 valence electrons. The van der Waals surface area contributed by atoms with E-state index in [9.17, 15) is 9.59 Å². The molecular weight excluding hydrogens is 536 g/mol. The molecule has 37 heavy (non-hydrogen) atoms. The van der Waals surface area contributed by atoms with Crippen LogP contribution in [-0.4, -0.2) is 31.8 Å². The third kappa shape index (κ3) is 7.28. The van der Waals surface area contributed by atoms with Gasteiger partial charge in [-0.05, 0) is 65.7 Å². The largest absolute Gasteiger partial charge is 0.497 e. The zero-order chi connectivity index (χ0) is 26.0. The predicted octanol–water partition coefficient (Wildman–Crippen LogP) is 5.87. The van der Waals surface area contributed by atoms with Gasteiger partial charge in [-0.3, -0.25) is 4.79 Å². The summed E-state index contributed by atoms with van der Waals surface area (Å²) in [6.45, 7) is -0.209. The molecule has 0 unspecified atom stereocenters. The van der Waals surface area contributed by atoms with E-state index in [-0.39, 0.29) is 12.4 Å². The maximum atomic E-state index is 12.5. The third-order valence-electron chi connectivity index (χ3n) is 5.22. The standard InChI is InChI=1S/C29H23BrN2O5/c1-35-25-12-9-22(10-13-25)29(34)37-27-16-11-24(30)17-23(27)18-31-32-28(33)19-36-26-14-7-21(8-15-26)20-5-3-2-4-6-20/h2-18H,19H2,1H3,(H,32,33)/b31-18-. The molecule has 0 fully saturated rings. The second kappa shape index (κ2) is 12.5. The molecule has 1 N–H and O–H groups in total. The smallest absolute Gasteiger partial charge is 0.343 e. The van der Waals surface area contributed by atoms with Crippen molar-refractivity contribution in [2.24, 2.45) is 5.10 Å². The number of hydrazone groups is 1. The van der Waals surface area contributed by atoms with Crippen LogP contribution >= 0.6 is 15.9 Å². The first-order valence-electron chi connectivity index (χ1n) is 11.3. The Bertz CT molecular complexity index is 1390. The normalized spacial score (nSPS) is 10.6. The fourth-order valence-electron chi connectivity index (χ4n) is 3.33. The summed E-state index contributed by atoms with van der Waals surface area (Å²) in [5, 5.41) is 3.98. The lowest BCUT2D eigenvalue weighted by Crippen LogP contribution is -2.24. The second-order valence-corrected chi connectivity index (χ2v) is 8.69. The molecule has 4 aromatic carbocycles. The number of hydrogen-bond acceptors (Lipinski definition) is 6. The van der Waals surface area contributed by atoms with Crippen LogP contribution in [-0.2, 0) is 4.79 Å². The Morgan fingerprint density at radius 2 is 1.54 bits per heavy atom. The minimum absolute atomic E-state index is 0.209. The molecule has 1 amide bonds. The monoisotopic (exact) mass is 558 g/mol. The van der Waals surface area contributed by atoms with E-state index in [1.165, 1.54) is 6.21 Å². The molecule has 0 heterocycles. The molecule has 0 aliphatic rings. The van der Waals surface area contributed by atoms with E-state index >= 15 is 0 Å². The highest BCUT2D eigenvalue weighted by Gasteiger charge is 2.12. The van der Waals surface area contributed by atoms with Gasteiger partial charge in [0.15, 0.2) is 6.61 Å². The first kappa shape index (κ1) is 25.7. The summed E-state index contributed by atoms with van der Waals surface area (Å²) in [6.07, 6.45) is 1.40. The summed E-state index contributed by atoms with van der Waals surface area (Å²) < 4.78 is 17.0. The van der Waals surface area contributed by atoms with E-state index in [1.807, 2.05) is 54.6 Å². The van der Waals surface area contributed by atoms with Gasteiger partial charge in [-0.25, -0.2) is 10.2 Å². The minimum atomic E-state index is -0.532. The van der Waals surface area contributed by atoms with Gasteiger partial charge in [0, 0.05) is 10.0 Å². The summed E-state index contributed by atoms with van der Waals surface area (Å²) in [5.41, 5.74) is 5.44. The number of benzene rings is 4. The Morgan fingerprint density at radius 3 is 2.24 bits per heavy atom. The lowest BCUT2D eigenvalue weighted by molar-refractivity contribution is -0.123. The number of nitrogens with zero attached hydrogens (tertiary/aromatic N) is 1. The maximum absolute atomic E-state index is 12.5. The van der Waals surface area contributed by atoms with Crippen LogP contribution in [0.4, 0.5) is 0 Å². The molecular formula is C29H23BrN2O5. The number of rotatable bonds is 9. The van der Waals surface area contributed by atoms with Crippen LogP contribution in [0.15, 0.2) is 107 Å². The van der Waals surface area contributed by atoms with E-state index < -0.39 is 11.9 Å². The lowest BCUT2D eigenvalue weighted by Gasteiger charge is -2.09. The van der Waals surface area contributed by atoms with Crippen molar-refractivity contribution < 1.29 is 23.8 Å². The number of amides is 1. The second-order valence-electron chi connectivity index (χ2n) is 7.77. The zero-order valence-electron chi connectivity index (χ0n) is 19.9. The van der Waals surface area contributed by atoms with E-state index in [4.69, 9.17) is 14.2 Å². The van der Waals surface area contributed by atoms with Crippen molar-refractivity contribution in [3.63, 3.8) is 0 Å². The summed E-state index contributed by atoms with van der Waals surface area (Å²) in [7, 11) is 1.55. The van der Waals surface area contributed by atoms with E-state index in [2.05, 4.69) is 26.5 Å². The van der Waals surface area contributed by atoms with Gasteiger partial charge in [-0.15, -0.1) is 0 Å². The van der Waals surface area contributed by atoms with Crippen LogP contribution < -0.4 is 19.6 Å². The summed E-state index contributed by atoms with van der Waals surface area (Å²) >= 11 is 3.39. The van der Waals surface area contributed by atoms with Crippen molar-refractivity contribution in [2.45, 2.75) is 0 Å². The van der Waals surface area contributed by atoms with Gasteiger partial charge in [0.2, 0.25) is 0 Å². The molecule has 4 rings (SSSR count). The van der Waals surface area contributed by atoms with Crippen LogP contribution in [0.2, 0.25) is 0 Å². The Hall–Kier alpha value is -4.43. The molecule has 4 aromatic rings. The topological polar surface area (TPSA) is 86.2 Å². The number of carbonyl (C=O) groups excluding carboxylic acids is 2. The molecule has 0 atom stereocenters. The van der Waals surface area contributed by atoms with Gasteiger partial charge in [0.1, 0.15) is 17.2 Å². The average molecular weight is 559 g/mol. The number of halogens is 1. The van der Waals surface area contributed by atoms with Gasteiger partial charge < -0.3 is 14.2 Å². The molecule has 0 aliphatic heterocycles. The number of nitrogens with one attached hydrogen (secondary N) is 1. The van der Waals surface area contributed by atoms with Crippen LogP contribution in [0.5, 0.6) is 17.2 Å². The van der Waals surface area contributed by atoms with Crippen molar-refractivity contribution in [3.05, 3.63) is 113 Å². The molecule has 0 saturated heterocycles. The molecule has 0 aromatic heterocycles. The zero-order valence-corrected chi connectivity index (χ0v) is 21.5. The van der Waals surface area contributed by atoms with Gasteiger partial charge in [-0.2, -0.15) is 5.10 Å². The SMILES string of the molecule is COc1ccc(C(=O)Oc2ccc(Br)cc2/C=N\NC(=O)COc2ccc(-c3ccccc3)cc2)cc1. The molecule has 7 nitrogen and oxygen atoms in total. The predicted molar refractivity (Wildman–Crippen MR) is 145 cm³/mol. The number of carbonyl (C=O) groups is 2. The average Bonchev–Trinajstić information content (AvgIpc) is 2.94. The van der Waals surface area contributed by atoms with E-state index in [1.54, 1.807) is 49.6 Å². The molecule has 0 spiro atoms. The van der Waals surface area contributed by atoms with Gasteiger partial charge in [-0.1, -0.05) is 58.4 Å². The summed E-state index contributed by atoms with van der Waals surface area (Å²) in [6, 6.07) is 29.1. The number of esters is 1. The minimum Gasteiger partial charge on any atom is -0.497 e. The highest BCUT2D eigenvalue weighted by molar-refractivity contribution is 9.10. The Kier molecular flexibility index (Phi) is 8.67. The highest BCUT2D eigenvalue weighted by Crippen LogP contribution is 2.24. The van der Waals surface area contributed by atoms with Crippen molar-refractivity contribution >= 4 is 34.0 Å². The summed E-state index contributed by atoms with van der Waals surface area (Å²) in [5.74, 6) is 0.526. The molecule has 0 bridgehead atoms. The van der Waals surface area contributed by atoms with Crippen LogP contribution in [0, 0.1) is 0 Å². The highest BCUT2D eigenvalue weighted by atomic mass is 79.9. The molecule has 0 radical (unpaired) electrons. The number of ether oxygens (including phenoxy) is 3. The van der Waals surface area contributed by atoms with Crippen molar-refractivity contribution in [3.8, 4) is 28.4 Å². The first-order chi connectivity index (χ1) is 18.0. The fourth-order valence-corrected chi connectivity index (χ4v) is 3.71. The number of hydrogen-bond donors (Lipinski definition) is 1.